The van der Waals surface area contributed by atoms with Crippen LogP contribution in [0.2, 0.25) is 5.02 Å². The van der Waals surface area contributed by atoms with Gasteiger partial charge in [0, 0.05) is 39.6 Å². The molecule has 1 aliphatic heterocycles. The molecule has 4 nitrogen and oxygen atoms in total. The first-order chi connectivity index (χ1) is 16.5. The van der Waals surface area contributed by atoms with Gasteiger partial charge in [-0.3, -0.25) is 9.78 Å². The first-order valence-corrected chi connectivity index (χ1v) is 13.0. The summed E-state index contributed by atoms with van der Waals surface area (Å²) in [5.41, 5.74) is 3.96. The van der Waals surface area contributed by atoms with Crippen LogP contribution < -0.4 is 5.32 Å². The topological polar surface area (TPSA) is 54.4 Å². The minimum absolute atomic E-state index is 0.0433. The van der Waals surface area contributed by atoms with E-state index in [0.717, 1.165) is 46.0 Å². The number of aromatic nitrogens is 1. The van der Waals surface area contributed by atoms with Crippen LogP contribution in [0.3, 0.4) is 0 Å². The van der Waals surface area contributed by atoms with E-state index in [-0.39, 0.29) is 11.9 Å². The number of allylic oxidation sites excluding steroid dienone is 3. The highest BCUT2D eigenvalue weighted by molar-refractivity contribution is 8.03. The Bertz CT molecular complexity index is 1150. The molecule has 1 unspecified atom stereocenters. The van der Waals surface area contributed by atoms with Gasteiger partial charge in [-0.1, -0.05) is 80.1 Å². The van der Waals surface area contributed by atoms with E-state index in [2.05, 4.69) is 43.2 Å². The van der Waals surface area contributed by atoms with Gasteiger partial charge in [-0.2, -0.15) is 0 Å². The number of carbonyl (C=O) groups is 1. The summed E-state index contributed by atoms with van der Waals surface area (Å²) in [5.74, 6) is -0.0433. The Labute approximate surface area is 212 Å². The summed E-state index contributed by atoms with van der Waals surface area (Å²) in [7, 11) is 0. The Morgan fingerprint density at radius 3 is 2.71 bits per heavy atom. The van der Waals surface area contributed by atoms with Crippen molar-refractivity contribution < 1.29 is 4.79 Å². The van der Waals surface area contributed by atoms with Gasteiger partial charge in [-0.25, -0.2) is 4.99 Å². The molecule has 34 heavy (non-hydrogen) atoms. The fraction of sp³-hybridized carbons (Fsp3) is 0.321. The smallest absolute Gasteiger partial charge is 0.251 e. The number of pyridine rings is 1. The van der Waals surface area contributed by atoms with E-state index in [1.807, 2.05) is 49.4 Å². The van der Waals surface area contributed by atoms with Crippen LogP contribution in [0.15, 0.2) is 86.9 Å². The van der Waals surface area contributed by atoms with Crippen LogP contribution in [0.5, 0.6) is 0 Å². The van der Waals surface area contributed by atoms with Crippen molar-refractivity contribution in [2.75, 3.05) is 0 Å². The second kappa shape index (κ2) is 12.7. The molecule has 1 aliphatic rings. The molecule has 1 aromatic heterocycles. The van der Waals surface area contributed by atoms with E-state index in [1.54, 1.807) is 18.0 Å². The molecule has 2 heterocycles. The maximum Gasteiger partial charge on any atom is 0.251 e. The molecule has 1 aromatic carbocycles. The Balaban J connectivity index is 1.99. The lowest BCUT2D eigenvalue weighted by Crippen LogP contribution is -2.34. The Morgan fingerprint density at radius 2 is 2.00 bits per heavy atom. The Hall–Kier alpha value is -2.63. The molecule has 0 saturated carbocycles. The zero-order valence-corrected chi connectivity index (χ0v) is 21.8. The van der Waals surface area contributed by atoms with Gasteiger partial charge in [0.1, 0.15) is 5.69 Å². The second-order valence-corrected chi connectivity index (χ2v) is 9.79. The van der Waals surface area contributed by atoms with Gasteiger partial charge in [0.25, 0.3) is 5.91 Å². The average molecular weight is 494 g/mol. The molecule has 0 saturated heterocycles. The SMILES string of the molecule is C/C=C\C(=CCC1=C(C)Sc2ccccc2C(c2ncccc2Cl)=N1)C(=O)NC(CC)CCC. The number of carbonyl (C=O) groups excluding carboxylic acids is 1. The lowest BCUT2D eigenvalue weighted by atomic mass is 10.1. The number of benzene rings is 1. The standard InChI is InChI=1S/C28H32ClN3OS/c1-5-11-20(28(33)31-21(7-3)12-6-2)16-17-24-19(4)34-25-15-9-8-13-22(25)26(32-24)27-23(29)14-10-18-30-27/h5,8-11,13-16,18,21H,6-7,12,17H2,1-4H3,(H,31,33)/b11-5-,20-16?. The van der Waals surface area contributed by atoms with Crippen LogP contribution in [-0.4, -0.2) is 22.6 Å². The van der Waals surface area contributed by atoms with Crippen molar-refractivity contribution >= 4 is 35.0 Å². The van der Waals surface area contributed by atoms with Gasteiger partial charge in [-0.15, -0.1) is 0 Å². The monoisotopic (exact) mass is 493 g/mol. The van der Waals surface area contributed by atoms with Crippen LogP contribution in [0, 0.1) is 0 Å². The molecule has 0 aliphatic carbocycles. The zero-order valence-electron chi connectivity index (χ0n) is 20.3. The third-order valence-electron chi connectivity index (χ3n) is 5.63. The van der Waals surface area contributed by atoms with Crippen molar-refractivity contribution in [2.45, 2.75) is 64.3 Å². The van der Waals surface area contributed by atoms with Crippen LogP contribution in [0.4, 0.5) is 0 Å². The number of amides is 1. The molecule has 178 valence electrons. The van der Waals surface area contributed by atoms with E-state index in [4.69, 9.17) is 16.6 Å². The number of rotatable bonds is 9. The van der Waals surface area contributed by atoms with E-state index < -0.39 is 0 Å². The van der Waals surface area contributed by atoms with Crippen LogP contribution in [-0.2, 0) is 4.79 Å². The summed E-state index contributed by atoms with van der Waals surface area (Å²) in [4.78, 5) is 24.8. The van der Waals surface area contributed by atoms with Crippen LogP contribution in [0.25, 0.3) is 0 Å². The lowest BCUT2D eigenvalue weighted by Gasteiger charge is -2.16. The fourth-order valence-corrected chi connectivity index (χ4v) is 5.01. The lowest BCUT2D eigenvalue weighted by molar-refractivity contribution is -0.117. The minimum Gasteiger partial charge on any atom is -0.349 e. The maximum absolute atomic E-state index is 13.0. The van der Waals surface area contributed by atoms with Crippen molar-refractivity contribution in [1.29, 1.82) is 0 Å². The fourth-order valence-electron chi connectivity index (χ4n) is 3.80. The van der Waals surface area contributed by atoms with Crippen molar-refractivity contribution in [2.24, 2.45) is 4.99 Å². The molecule has 0 fully saturated rings. The van der Waals surface area contributed by atoms with Crippen molar-refractivity contribution in [1.82, 2.24) is 10.3 Å². The molecule has 2 aromatic rings. The molecule has 0 bridgehead atoms. The first kappa shape index (κ1) is 26.0. The van der Waals surface area contributed by atoms with Gasteiger partial charge >= 0.3 is 0 Å². The van der Waals surface area contributed by atoms with Crippen molar-refractivity contribution in [3.8, 4) is 0 Å². The minimum atomic E-state index is -0.0433. The maximum atomic E-state index is 13.0. The summed E-state index contributed by atoms with van der Waals surface area (Å²) >= 11 is 8.21. The summed E-state index contributed by atoms with van der Waals surface area (Å²) in [5, 5.41) is 3.74. The number of hydrogen-bond donors (Lipinski definition) is 1. The van der Waals surface area contributed by atoms with Gasteiger partial charge in [0.05, 0.1) is 16.4 Å². The second-order valence-electron chi connectivity index (χ2n) is 8.13. The predicted molar refractivity (Wildman–Crippen MR) is 145 cm³/mol. The third kappa shape index (κ3) is 6.49. The Kier molecular flexibility index (Phi) is 9.73. The molecule has 3 rings (SSSR count). The third-order valence-corrected chi connectivity index (χ3v) is 7.05. The van der Waals surface area contributed by atoms with Gasteiger partial charge in [0.15, 0.2) is 0 Å². The summed E-state index contributed by atoms with van der Waals surface area (Å²) in [6.07, 6.45) is 10.9. The number of hydrogen-bond acceptors (Lipinski definition) is 4. The number of nitrogens with one attached hydrogen (secondary N) is 1. The molecule has 1 amide bonds. The summed E-state index contributed by atoms with van der Waals surface area (Å²) < 4.78 is 0. The number of halogens is 1. The van der Waals surface area contributed by atoms with Gasteiger partial charge < -0.3 is 5.32 Å². The molecule has 0 spiro atoms. The molecular weight excluding hydrogens is 462 g/mol. The predicted octanol–water partition coefficient (Wildman–Crippen LogP) is 7.50. The van der Waals surface area contributed by atoms with E-state index in [0.29, 0.717) is 22.7 Å². The molecule has 0 radical (unpaired) electrons. The summed E-state index contributed by atoms with van der Waals surface area (Å²) in [6, 6.07) is 12.0. The average Bonchev–Trinajstić information content (AvgIpc) is 2.97. The first-order valence-electron chi connectivity index (χ1n) is 11.8. The quantitative estimate of drug-likeness (QED) is 0.290. The normalized spacial score (nSPS) is 15.1. The highest BCUT2D eigenvalue weighted by atomic mass is 35.5. The van der Waals surface area contributed by atoms with Gasteiger partial charge in [0.2, 0.25) is 0 Å². The molecule has 6 heteroatoms. The van der Waals surface area contributed by atoms with Crippen molar-refractivity contribution in [3.63, 3.8) is 0 Å². The number of thioether (sulfide) groups is 1. The van der Waals surface area contributed by atoms with E-state index in [1.165, 1.54) is 0 Å². The van der Waals surface area contributed by atoms with Gasteiger partial charge in [-0.05, 0) is 44.9 Å². The van der Waals surface area contributed by atoms with Crippen LogP contribution >= 0.6 is 23.4 Å². The number of fused-ring (bicyclic) bond motifs is 1. The van der Waals surface area contributed by atoms with Crippen molar-refractivity contribution in [3.05, 3.63) is 93.3 Å². The molecular formula is C28H32ClN3OS. The van der Waals surface area contributed by atoms with Crippen LogP contribution in [0.1, 0.15) is 64.6 Å². The molecule has 1 N–H and O–H groups in total. The summed E-state index contributed by atoms with van der Waals surface area (Å²) in [6.45, 7) is 8.23. The van der Waals surface area contributed by atoms with E-state index in [9.17, 15) is 4.79 Å². The largest absolute Gasteiger partial charge is 0.349 e. The number of nitrogens with zero attached hydrogens (tertiary/aromatic N) is 2. The Morgan fingerprint density at radius 1 is 1.21 bits per heavy atom. The van der Waals surface area contributed by atoms with E-state index >= 15 is 0 Å². The number of aliphatic imine (C=N–C) groups is 1. The highest BCUT2D eigenvalue weighted by Gasteiger charge is 2.21. The highest BCUT2D eigenvalue weighted by Crippen LogP contribution is 2.38. The zero-order chi connectivity index (χ0) is 24.5. The molecule has 1 atom stereocenters.